The van der Waals surface area contributed by atoms with Crippen molar-refractivity contribution in [1.29, 1.82) is 0 Å². The van der Waals surface area contributed by atoms with Crippen molar-refractivity contribution in [2.24, 2.45) is 0 Å². The van der Waals surface area contributed by atoms with E-state index in [2.05, 4.69) is 5.32 Å². The smallest absolute Gasteiger partial charge is 0.244 e. The molecule has 0 saturated carbocycles. The molecule has 2 aromatic rings. The highest BCUT2D eigenvalue weighted by Gasteiger charge is 2.18. The zero-order valence-corrected chi connectivity index (χ0v) is 16.0. The first-order valence-electron chi connectivity index (χ1n) is 8.11. The van der Waals surface area contributed by atoms with E-state index >= 15 is 0 Å². The molecule has 0 spiro atoms. The lowest BCUT2D eigenvalue weighted by Gasteiger charge is -2.22. The Labute approximate surface area is 153 Å². The zero-order chi connectivity index (χ0) is 18.7. The number of carbonyl (C=O) groups is 2. The van der Waals surface area contributed by atoms with Gasteiger partial charge < -0.3 is 10.2 Å². The molecule has 0 aliphatic rings. The van der Waals surface area contributed by atoms with Crippen LogP contribution in [0.25, 0.3) is 0 Å². The van der Waals surface area contributed by atoms with Gasteiger partial charge in [-0.1, -0.05) is 35.4 Å². The summed E-state index contributed by atoms with van der Waals surface area (Å²) in [7, 11) is 0. The maximum atomic E-state index is 12.5. The molecule has 0 saturated heterocycles. The van der Waals surface area contributed by atoms with E-state index in [0.717, 1.165) is 27.9 Å². The summed E-state index contributed by atoms with van der Waals surface area (Å²) in [5.74, 6) is -0.464. The largest absolute Gasteiger partial charge is 0.324 e. The van der Waals surface area contributed by atoms with Crippen LogP contribution in [0.15, 0.2) is 30.3 Å². The Hall–Kier alpha value is -2.33. The van der Waals surface area contributed by atoms with Crippen LogP contribution in [0.3, 0.4) is 0 Å². The summed E-state index contributed by atoms with van der Waals surface area (Å²) in [6.07, 6.45) is 0. The van der Waals surface area contributed by atoms with E-state index in [1.165, 1.54) is 11.8 Å². The molecule has 2 amide bonds. The van der Waals surface area contributed by atoms with Crippen LogP contribution in [-0.4, -0.2) is 18.4 Å². The molecule has 0 aliphatic carbocycles. The number of anilines is 2. The molecule has 1 N–H and O–H groups in total. The second kappa shape index (κ2) is 7.70. The monoisotopic (exact) mass is 358 g/mol. The van der Waals surface area contributed by atoms with Crippen LogP contribution in [-0.2, 0) is 9.59 Å². The average molecular weight is 359 g/mol. The van der Waals surface area contributed by atoms with Gasteiger partial charge >= 0.3 is 0 Å². The Kier molecular flexibility index (Phi) is 5.85. The molecule has 0 aromatic heterocycles. The van der Waals surface area contributed by atoms with Crippen molar-refractivity contribution in [1.82, 2.24) is 0 Å². The first-order valence-corrected chi connectivity index (χ1v) is 8.48. The standard InChI is InChI=1S/C20H23ClN2O2/c1-12-8-14(3)20(15(4)9-12)22-19(25)11-23(16(5)24)17-7-6-13(2)18(21)10-17/h6-10H,11H2,1-5H3,(H,22,25). The highest BCUT2D eigenvalue weighted by atomic mass is 35.5. The molecule has 2 aromatic carbocycles. The van der Waals surface area contributed by atoms with Gasteiger partial charge in [0.05, 0.1) is 0 Å². The Bertz CT molecular complexity index is 807. The van der Waals surface area contributed by atoms with Gasteiger partial charge in [-0.2, -0.15) is 0 Å². The van der Waals surface area contributed by atoms with Crippen molar-refractivity contribution >= 4 is 34.8 Å². The van der Waals surface area contributed by atoms with Gasteiger partial charge in [-0.3, -0.25) is 9.59 Å². The highest BCUT2D eigenvalue weighted by molar-refractivity contribution is 6.31. The normalized spacial score (nSPS) is 10.5. The number of rotatable bonds is 4. The lowest BCUT2D eigenvalue weighted by molar-refractivity contribution is -0.120. The van der Waals surface area contributed by atoms with Crippen molar-refractivity contribution in [3.63, 3.8) is 0 Å². The van der Waals surface area contributed by atoms with E-state index in [1.54, 1.807) is 12.1 Å². The maximum Gasteiger partial charge on any atom is 0.244 e. The van der Waals surface area contributed by atoms with Gasteiger partial charge in [-0.15, -0.1) is 0 Å². The average Bonchev–Trinajstić information content (AvgIpc) is 2.51. The van der Waals surface area contributed by atoms with E-state index in [1.807, 2.05) is 45.9 Å². The number of hydrogen-bond donors (Lipinski definition) is 1. The minimum absolute atomic E-state index is 0.0680. The summed E-state index contributed by atoms with van der Waals surface area (Å²) in [5.41, 5.74) is 5.46. The molecule has 4 nitrogen and oxygen atoms in total. The number of carbonyl (C=O) groups excluding carboxylic acids is 2. The van der Waals surface area contributed by atoms with Gasteiger partial charge in [-0.05, 0) is 56.5 Å². The van der Waals surface area contributed by atoms with Gasteiger partial charge in [-0.25, -0.2) is 0 Å². The lowest BCUT2D eigenvalue weighted by Crippen LogP contribution is -2.36. The van der Waals surface area contributed by atoms with E-state index in [0.29, 0.717) is 10.7 Å². The van der Waals surface area contributed by atoms with Crippen LogP contribution in [0, 0.1) is 27.7 Å². The predicted octanol–water partition coefficient (Wildman–Crippen LogP) is 4.57. The summed E-state index contributed by atoms with van der Waals surface area (Å²) in [6.45, 7) is 9.19. The van der Waals surface area contributed by atoms with Crippen molar-refractivity contribution in [3.8, 4) is 0 Å². The van der Waals surface area contributed by atoms with Gasteiger partial charge in [0.15, 0.2) is 0 Å². The fraction of sp³-hybridized carbons (Fsp3) is 0.300. The summed E-state index contributed by atoms with van der Waals surface area (Å²) >= 11 is 6.15. The summed E-state index contributed by atoms with van der Waals surface area (Å²) in [4.78, 5) is 25.9. The molecular weight excluding hydrogens is 336 g/mol. The van der Waals surface area contributed by atoms with Gasteiger partial charge in [0.1, 0.15) is 6.54 Å². The molecule has 132 valence electrons. The third-order valence-corrected chi connectivity index (χ3v) is 4.50. The fourth-order valence-electron chi connectivity index (χ4n) is 2.83. The molecule has 0 atom stereocenters. The molecule has 0 radical (unpaired) electrons. The molecule has 25 heavy (non-hydrogen) atoms. The lowest BCUT2D eigenvalue weighted by atomic mass is 10.1. The number of amides is 2. The highest BCUT2D eigenvalue weighted by Crippen LogP contribution is 2.24. The van der Waals surface area contributed by atoms with Crippen molar-refractivity contribution in [3.05, 3.63) is 57.6 Å². The Morgan fingerprint density at radius 3 is 2.12 bits per heavy atom. The van der Waals surface area contributed by atoms with E-state index in [-0.39, 0.29) is 18.4 Å². The minimum Gasteiger partial charge on any atom is -0.324 e. The molecule has 5 heteroatoms. The molecule has 2 rings (SSSR count). The number of nitrogens with zero attached hydrogens (tertiary/aromatic N) is 1. The first-order chi connectivity index (χ1) is 11.7. The molecule has 0 bridgehead atoms. The second-order valence-corrected chi connectivity index (χ2v) is 6.77. The fourth-order valence-corrected chi connectivity index (χ4v) is 3.01. The Morgan fingerprint density at radius 1 is 1.00 bits per heavy atom. The van der Waals surface area contributed by atoms with Crippen LogP contribution in [0.5, 0.6) is 0 Å². The molecule has 0 aliphatic heterocycles. The first kappa shape index (κ1) is 19.0. The van der Waals surface area contributed by atoms with Gasteiger partial charge in [0, 0.05) is 23.3 Å². The topological polar surface area (TPSA) is 49.4 Å². The third-order valence-electron chi connectivity index (χ3n) is 4.09. The summed E-state index contributed by atoms with van der Waals surface area (Å²) in [5, 5.41) is 3.49. The molecule has 0 fully saturated rings. The summed E-state index contributed by atoms with van der Waals surface area (Å²) < 4.78 is 0. The number of nitrogens with one attached hydrogen (secondary N) is 1. The van der Waals surface area contributed by atoms with Crippen molar-refractivity contribution < 1.29 is 9.59 Å². The van der Waals surface area contributed by atoms with Gasteiger partial charge in [0.25, 0.3) is 0 Å². The van der Waals surface area contributed by atoms with Crippen LogP contribution in [0.1, 0.15) is 29.2 Å². The number of hydrogen-bond acceptors (Lipinski definition) is 2. The number of benzene rings is 2. The van der Waals surface area contributed by atoms with Gasteiger partial charge in [0.2, 0.25) is 11.8 Å². The Morgan fingerprint density at radius 2 is 1.60 bits per heavy atom. The third kappa shape index (κ3) is 4.60. The summed E-state index contributed by atoms with van der Waals surface area (Å²) in [6, 6.07) is 9.36. The van der Waals surface area contributed by atoms with Crippen LogP contribution >= 0.6 is 11.6 Å². The Balaban J connectivity index is 2.21. The van der Waals surface area contributed by atoms with Crippen LogP contribution in [0.4, 0.5) is 11.4 Å². The van der Waals surface area contributed by atoms with Crippen LogP contribution in [0.2, 0.25) is 5.02 Å². The molecule has 0 unspecified atom stereocenters. The SMILES string of the molecule is CC(=O)N(CC(=O)Nc1c(C)cc(C)cc1C)c1ccc(C)c(Cl)c1. The zero-order valence-electron chi connectivity index (χ0n) is 15.2. The van der Waals surface area contributed by atoms with E-state index in [4.69, 9.17) is 11.6 Å². The van der Waals surface area contributed by atoms with Crippen LogP contribution < -0.4 is 10.2 Å². The number of aryl methyl sites for hydroxylation is 4. The maximum absolute atomic E-state index is 12.5. The second-order valence-electron chi connectivity index (χ2n) is 6.36. The minimum atomic E-state index is -0.248. The quantitative estimate of drug-likeness (QED) is 0.870. The van der Waals surface area contributed by atoms with Crippen molar-refractivity contribution in [2.45, 2.75) is 34.6 Å². The number of halogens is 1. The van der Waals surface area contributed by atoms with E-state index in [9.17, 15) is 9.59 Å². The van der Waals surface area contributed by atoms with E-state index < -0.39 is 0 Å². The molecular formula is C20H23ClN2O2. The van der Waals surface area contributed by atoms with Crippen molar-refractivity contribution in [2.75, 3.05) is 16.8 Å². The predicted molar refractivity (Wildman–Crippen MR) is 103 cm³/mol. The molecule has 0 heterocycles.